The van der Waals surface area contributed by atoms with E-state index >= 15 is 0 Å². The van der Waals surface area contributed by atoms with Gasteiger partial charge in [0.15, 0.2) is 17.9 Å². The largest absolute Gasteiger partial charge is 0.353 e. The van der Waals surface area contributed by atoms with E-state index < -0.39 is 17.5 Å². The fourth-order valence-corrected chi connectivity index (χ4v) is 3.39. The highest BCUT2D eigenvalue weighted by atomic mass is 19.2. The molecule has 0 saturated carbocycles. The van der Waals surface area contributed by atoms with E-state index in [4.69, 9.17) is 9.47 Å². The summed E-state index contributed by atoms with van der Waals surface area (Å²) in [4.78, 5) is 0. The summed E-state index contributed by atoms with van der Waals surface area (Å²) in [7, 11) is 0. The molecule has 1 heterocycles. The van der Waals surface area contributed by atoms with Crippen LogP contribution in [0.3, 0.4) is 0 Å². The minimum atomic E-state index is -1.02. The van der Waals surface area contributed by atoms with Gasteiger partial charge in [0.1, 0.15) is 5.82 Å². The van der Waals surface area contributed by atoms with Crippen LogP contribution in [0.2, 0.25) is 0 Å². The highest BCUT2D eigenvalue weighted by Gasteiger charge is 2.27. The highest BCUT2D eigenvalue weighted by Crippen LogP contribution is 2.35. The maximum atomic E-state index is 14.7. The molecular weight excluding hydrogens is 353 g/mol. The molecule has 2 aromatic rings. The van der Waals surface area contributed by atoms with Gasteiger partial charge in [-0.05, 0) is 43.4 Å². The molecule has 2 nitrogen and oxygen atoms in total. The van der Waals surface area contributed by atoms with Crippen LogP contribution in [0.1, 0.15) is 49.7 Å². The van der Waals surface area contributed by atoms with Crippen LogP contribution in [0.25, 0.3) is 11.1 Å². The van der Waals surface area contributed by atoms with Crippen LogP contribution in [0.15, 0.2) is 30.3 Å². The summed E-state index contributed by atoms with van der Waals surface area (Å²) < 4.78 is 54.8. The van der Waals surface area contributed by atoms with E-state index in [9.17, 15) is 13.2 Å². The van der Waals surface area contributed by atoms with E-state index in [-0.39, 0.29) is 35.5 Å². The van der Waals surface area contributed by atoms with Gasteiger partial charge in [0.25, 0.3) is 0 Å². The SMILES string of the molecule is CCCCOC1CCC(c2ccc(-c3ccc(C)cc3F)c(F)c2F)CO1. The minimum absolute atomic E-state index is 0.0628. The third kappa shape index (κ3) is 4.53. The Morgan fingerprint density at radius 3 is 2.48 bits per heavy atom. The zero-order valence-electron chi connectivity index (χ0n) is 15.7. The molecule has 2 atom stereocenters. The van der Waals surface area contributed by atoms with Crippen molar-refractivity contribution in [3.8, 4) is 11.1 Å². The van der Waals surface area contributed by atoms with Crippen LogP contribution in [0.5, 0.6) is 0 Å². The van der Waals surface area contributed by atoms with Crippen molar-refractivity contribution in [2.45, 2.75) is 51.7 Å². The molecule has 0 N–H and O–H groups in total. The molecule has 0 radical (unpaired) electrons. The normalized spacial score (nSPS) is 20.0. The molecule has 0 aromatic heterocycles. The number of hydrogen-bond donors (Lipinski definition) is 0. The number of unbranched alkanes of at least 4 members (excludes halogenated alkanes) is 1. The first-order chi connectivity index (χ1) is 13.0. The molecule has 146 valence electrons. The second-order valence-corrected chi connectivity index (χ2v) is 7.08. The molecule has 0 bridgehead atoms. The number of hydrogen-bond acceptors (Lipinski definition) is 2. The third-order valence-electron chi connectivity index (χ3n) is 5.00. The van der Waals surface area contributed by atoms with E-state index in [1.54, 1.807) is 19.1 Å². The van der Waals surface area contributed by atoms with E-state index in [1.165, 1.54) is 18.2 Å². The highest BCUT2D eigenvalue weighted by molar-refractivity contribution is 5.66. The van der Waals surface area contributed by atoms with Crippen molar-refractivity contribution < 1.29 is 22.6 Å². The summed E-state index contributed by atoms with van der Waals surface area (Å²) in [5, 5.41) is 0. The molecule has 1 saturated heterocycles. The van der Waals surface area contributed by atoms with Crippen LogP contribution < -0.4 is 0 Å². The standard InChI is InChI=1S/C22H25F3O2/c1-3-4-11-26-20-10-6-15(13-27-20)16-8-9-18(22(25)21(16)24)17-7-5-14(2)12-19(17)23/h5,7-9,12,15,20H,3-4,6,10-11,13H2,1-2H3. The molecule has 3 rings (SSSR count). The van der Waals surface area contributed by atoms with Crippen LogP contribution in [-0.2, 0) is 9.47 Å². The van der Waals surface area contributed by atoms with Crippen LogP contribution >= 0.6 is 0 Å². The van der Waals surface area contributed by atoms with Crippen LogP contribution in [0, 0.1) is 24.4 Å². The maximum Gasteiger partial charge on any atom is 0.167 e. The molecule has 2 aromatic carbocycles. The van der Waals surface area contributed by atoms with Crippen LogP contribution in [-0.4, -0.2) is 19.5 Å². The molecule has 0 amide bonds. The summed E-state index contributed by atoms with van der Waals surface area (Å²) in [6, 6.07) is 7.46. The zero-order chi connectivity index (χ0) is 19.4. The Morgan fingerprint density at radius 2 is 1.81 bits per heavy atom. The summed E-state index contributed by atoms with van der Waals surface area (Å²) in [6.07, 6.45) is 3.05. The number of benzene rings is 2. The Bertz CT molecular complexity index is 783. The van der Waals surface area contributed by atoms with Gasteiger partial charge >= 0.3 is 0 Å². The summed E-state index contributed by atoms with van der Waals surface area (Å²) in [5.74, 6) is -2.74. The second-order valence-electron chi connectivity index (χ2n) is 7.08. The van der Waals surface area contributed by atoms with E-state index in [1.807, 2.05) is 0 Å². The lowest BCUT2D eigenvalue weighted by Gasteiger charge is -2.29. The predicted octanol–water partition coefficient (Wildman–Crippen LogP) is 6.12. The van der Waals surface area contributed by atoms with Crippen LogP contribution in [0.4, 0.5) is 13.2 Å². The van der Waals surface area contributed by atoms with Crippen molar-refractivity contribution in [1.29, 1.82) is 0 Å². The van der Waals surface area contributed by atoms with Gasteiger partial charge in [-0.25, -0.2) is 13.2 Å². The lowest BCUT2D eigenvalue weighted by molar-refractivity contribution is -0.167. The van der Waals surface area contributed by atoms with Crippen molar-refractivity contribution in [1.82, 2.24) is 0 Å². The first-order valence-corrected chi connectivity index (χ1v) is 9.48. The third-order valence-corrected chi connectivity index (χ3v) is 5.00. The maximum absolute atomic E-state index is 14.7. The van der Waals surface area contributed by atoms with Crippen molar-refractivity contribution in [2.24, 2.45) is 0 Å². The lowest BCUT2D eigenvalue weighted by Crippen LogP contribution is -2.28. The Labute approximate surface area is 158 Å². The average molecular weight is 378 g/mol. The number of rotatable bonds is 6. The molecule has 2 unspecified atom stereocenters. The second kappa shape index (κ2) is 8.89. The monoisotopic (exact) mass is 378 g/mol. The van der Waals surface area contributed by atoms with Crippen molar-refractivity contribution in [3.63, 3.8) is 0 Å². The molecule has 1 fully saturated rings. The van der Waals surface area contributed by atoms with Crippen molar-refractivity contribution in [2.75, 3.05) is 13.2 Å². The number of ether oxygens (including phenoxy) is 2. The summed E-state index contributed by atoms with van der Waals surface area (Å²) >= 11 is 0. The molecule has 0 spiro atoms. The summed E-state index contributed by atoms with van der Waals surface area (Å²) in [5.41, 5.74) is 0.999. The summed E-state index contributed by atoms with van der Waals surface area (Å²) in [6.45, 7) is 4.76. The van der Waals surface area contributed by atoms with Gasteiger partial charge in [-0.2, -0.15) is 0 Å². The molecule has 5 heteroatoms. The predicted molar refractivity (Wildman–Crippen MR) is 99.1 cm³/mol. The van der Waals surface area contributed by atoms with Crippen molar-refractivity contribution >= 4 is 0 Å². The van der Waals surface area contributed by atoms with Crippen molar-refractivity contribution in [3.05, 3.63) is 58.9 Å². The molecule has 1 aliphatic heterocycles. The van der Waals surface area contributed by atoms with Gasteiger partial charge in [0.2, 0.25) is 0 Å². The van der Waals surface area contributed by atoms with Gasteiger partial charge in [-0.3, -0.25) is 0 Å². The Balaban J connectivity index is 1.74. The zero-order valence-corrected chi connectivity index (χ0v) is 15.7. The molecule has 27 heavy (non-hydrogen) atoms. The first kappa shape index (κ1) is 19.9. The number of aryl methyl sites for hydroxylation is 1. The quantitative estimate of drug-likeness (QED) is 0.564. The Kier molecular flexibility index (Phi) is 6.55. The van der Waals surface area contributed by atoms with Gasteiger partial charge in [-0.1, -0.05) is 37.6 Å². The smallest absolute Gasteiger partial charge is 0.167 e. The minimum Gasteiger partial charge on any atom is -0.353 e. The molecular formula is C22H25F3O2. The van der Waals surface area contributed by atoms with Gasteiger partial charge in [0, 0.05) is 23.7 Å². The van der Waals surface area contributed by atoms with Gasteiger partial charge < -0.3 is 9.47 Å². The Hall–Kier alpha value is -1.85. The lowest BCUT2D eigenvalue weighted by atomic mass is 9.90. The Morgan fingerprint density at radius 1 is 1.04 bits per heavy atom. The van der Waals surface area contributed by atoms with E-state index in [2.05, 4.69) is 6.92 Å². The molecule has 0 aliphatic carbocycles. The fourth-order valence-electron chi connectivity index (χ4n) is 3.39. The van der Waals surface area contributed by atoms with E-state index in [0.29, 0.717) is 19.4 Å². The van der Waals surface area contributed by atoms with Gasteiger partial charge in [-0.15, -0.1) is 0 Å². The van der Waals surface area contributed by atoms with E-state index in [0.717, 1.165) is 18.4 Å². The van der Waals surface area contributed by atoms with Gasteiger partial charge in [0.05, 0.1) is 6.61 Å². The average Bonchev–Trinajstić information content (AvgIpc) is 2.66. The topological polar surface area (TPSA) is 18.5 Å². The fraction of sp³-hybridized carbons (Fsp3) is 0.455. The number of halogens is 3. The first-order valence-electron chi connectivity index (χ1n) is 9.48. The molecule has 1 aliphatic rings.